The van der Waals surface area contributed by atoms with Gasteiger partial charge < -0.3 is 15.8 Å². The van der Waals surface area contributed by atoms with Crippen LogP contribution in [0.25, 0.3) is 0 Å². The van der Waals surface area contributed by atoms with E-state index in [9.17, 15) is 4.79 Å². The first-order valence-electron chi connectivity index (χ1n) is 9.58. The SMILES string of the molecule is Br.CCCCCCCCCCCCC(=C(C)C(=O)OCC)N(C)C.N. The third kappa shape index (κ3) is 15.4. The third-order valence-electron chi connectivity index (χ3n) is 4.32. The number of carbonyl (C=O) groups excluding carboxylic acids is 1. The molecule has 0 saturated heterocycles. The number of nitrogens with zero attached hydrogens (tertiary/aromatic N) is 1. The van der Waals surface area contributed by atoms with E-state index in [1.165, 1.54) is 57.8 Å². The molecule has 0 amide bonds. The number of hydrogen-bond donors (Lipinski definition) is 1. The van der Waals surface area contributed by atoms with E-state index in [1.807, 2.05) is 27.9 Å². The van der Waals surface area contributed by atoms with E-state index in [4.69, 9.17) is 4.74 Å². The van der Waals surface area contributed by atoms with Gasteiger partial charge in [0, 0.05) is 19.8 Å². The summed E-state index contributed by atoms with van der Waals surface area (Å²) < 4.78 is 5.11. The van der Waals surface area contributed by atoms with Crippen molar-refractivity contribution in [2.75, 3.05) is 20.7 Å². The highest BCUT2D eigenvalue weighted by atomic mass is 79.9. The van der Waals surface area contributed by atoms with E-state index < -0.39 is 0 Å². The molecule has 4 nitrogen and oxygen atoms in total. The van der Waals surface area contributed by atoms with Crippen molar-refractivity contribution in [3.05, 3.63) is 11.3 Å². The zero-order chi connectivity index (χ0) is 17.5. The second kappa shape index (κ2) is 19.8. The fourth-order valence-electron chi connectivity index (χ4n) is 2.88. The lowest BCUT2D eigenvalue weighted by Gasteiger charge is -2.20. The van der Waals surface area contributed by atoms with Crippen molar-refractivity contribution in [1.29, 1.82) is 0 Å². The molecule has 0 spiro atoms. The smallest absolute Gasteiger partial charge is 0.335 e. The van der Waals surface area contributed by atoms with E-state index in [1.54, 1.807) is 0 Å². The second-order valence-corrected chi connectivity index (χ2v) is 6.62. The number of rotatable bonds is 14. The molecule has 0 aliphatic rings. The fraction of sp³-hybridized carbons (Fsp3) is 0.850. The van der Waals surface area contributed by atoms with Gasteiger partial charge in [0.2, 0.25) is 0 Å². The van der Waals surface area contributed by atoms with Crippen molar-refractivity contribution in [3.63, 3.8) is 0 Å². The van der Waals surface area contributed by atoms with E-state index in [0.717, 1.165) is 24.1 Å². The summed E-state index contributed by atoms with van der Waals surface area (Å²) in [5.41, 5.74) is 1.87. The van der Waals surface area contributed by atoms with E-state index in [-0.39, 0.29) is 29.1 Å². The Hall–Kier alpha value is -0.550. The highest BCUT2D eigenvalue weighted by Gasteiger charge is 2.13. The number of halogens is 1. The predicted octanol–water partition coefficient (Wildman–Crippen LogP) is 6.44. The van der Waals surface area contributed by atoms with Crippen molar-refractivity contribution in [3.8, 4) is 0 Å². The maximum atomic E-state index is 11.9. The van der Waals surface area contributed by atoms with Crippen LogP contribution in [0.15, 0.2) is 11.3 Å². The average Bonchev–Trinajstić information content (AvgIpc) is 2.52. The molecule has 0 bridgehead atoms. The molecule has 0 aliphatic carbocycles. The molecule has 25 heavy (non-hydrogen) atoms. The molecule has 0 aromatic heterocycles. The molecule has 0 fully saturated rings. The summed E-state index contributed by atoms with van der Waals surface area (Å²) in [7, 11) is 4.02. The minimum atomic E-state index is -0.178. The molecule has 3 N–H and O–H groups in total. The molecule has 0 aliphatic heterocycles. The first-order valence-corrected chi connectivity index (χ1v) is 9.58. The van der Waals surface area contributed by atoms with Gasteiger partial charge in [-0.1, -0.05) is 64.7 Å². The zero-order valence-electron chi connectivity index (χ0n) is 17.4. The van der Waals surface area contributed by atoms with Crippen LogP contribution < -0.4 is 6.15 Å². The van der Waals surface area contributed by atoms with E-state index in [0.29, 0.717) is 6.61 Å². The van der Waals surface area contributed by atoms with Gasteiger partial charge >= 0.3 is 5.97 Å². The lowest BCUT2D eigenvalue weighted by atomic mass is 10.0. The van der Waals surface area contributed by atoms with Gasteiger partial charge in [0.1, 0.15) is 0 Å². The molecule has 0 radical (unpaired) electrons. The average molecular weight is 423 g/mol. The van der Waals surface area contributed by atoms with Crippen LogP contribution in [-0.2, 0) is 9.53 Å². The Morgan fingerprint density at radius 1 is 0.840 bits per heavy atom. The number of hydrogen-bond acceptors (Lipinski definition) is 4. The molecule has 5 heteroatoms. The second-order valence-electron chi connectivity index (χ2n) is 6.62. The molecule has 0 aromatic carbocycles. The number of esters is 1. The number of allylic oxidation sites excluding steroid dienone is 1. The van der Waals surface area contributed by atoms with Crippen molar-refractivity contribution < 1.29 is 9.53 Å². The number of ether oxygens (including phenoxy) is 1. The van der Waals surface area contributed by atoms with Crippen molar-refractivity contribution in [2.24, 2.45) is 0 Å². The first kappa shape index (κ1) is 29.2. The normalized spacial score (nSPS) is 11.1. The van der Waals surface area contributed by atoms with Gasteiger partial charge in [-0.25, -0.2) is 4.79 Å². The largest absolute Gasteiger partial charge is 0.463 e. The highest BCUT2D eigenvalue weighted by molar-refractivity contribution is 8.93. The number of carbonyl (C=O) groups is 1. The van der Waals surface area contributed by atoms with Crippen LogP contribution in [0.3, 0.4) is 0 Å². The lowest BCUT2D eigenvalue weighted by Crippen LogP contribution is -2.18. The standard InChI is InChI=1S/C20H39NO2.BrH.H3N/c1-6-8-9-10-11-12-13-14-15-16-17-19(21(4)5)18(3)20(22)23-7-2;;/h6-17H2,1-5H3;1H;1H3. The summed E-state index contributed by atoms with van der Waals surface area (Å²) in [4.78, 5) is 13.9. The molecule has 0 saturated carbocycles. The van der Waals surface area contributed by atoms with Gasteiger partial charge in [-0.2, -0.15) is 0 Å². The summed E-state index contributed by atoms with van der Waals surface area (Å²) in [6.07, 6.45) is 14.3. The maximum absolute atomic E-state index is 11.9. The summed E-state index contributed by atoms with van der Waals surface area (Å²) in [5.74, 6) is -0.178. The molecule has 0 atom stereocenters. The molecule has 0 heterocycles. The van der Waals surface area contributed by atoms with Gasteiger partial charge in [-0.3, -0.25) is 0 Å². The summed E-state index contributed by atoms with van der Waals surface area (Å²) in [6.45, 7) is 6.43. The highest BCUT2D eigenvalue weighted by Crippen LogP contribution is 2.18. The fourth-order valence-corrected chi connectivity index (χ4v) is 2.88. The Labute approximate surface area is 167 Å². The van der Waals surface area contributed by atoms with Crippen LogP contribution in [0, 0.1) is 0 Å². The molecule has 152 valence electrons. The third-order valence-corrected chi connectivity index (χ3v) is 4.32. The quantitative estimate of drug-likeness (QED) is 0.198. The molecule has 0 unspecified atom stereocenters. The van der Waals surface area contributed by atoms with Gasteiger partial charge in [0.25, 0.3) is 0 Å². The van der Waals surface area contributed by atoms with E-state index in [2.05, 4.69) is 11.8 Å². The Balaban J connectivity index is -0.00000242. The molecular formula is C20H43BrN2O2. The Bertz CT molecular complexity index is 345. The predicted molar refractivity (Wildman–Crippen MR) is 115 cm³/mol. The minimum absolute atomic E-state index is 0. The topological polar surface area (TPSA) is 64.5 Å². The first-order chi connectivity index (χ1) is 11.0. The van der Waals surface area contributed by atoms with Gasteiger partial charge in [-0.05, 0) is 26.7 Å². The van der Waals surface area contributed by atoms with Gasteiger partial charge in [-0.15, -0.1) is 17.0 Å². The van der Waals surface area contributed by atoms with Crippen molar-refractivity contribution in [1.82, 2.24) is 11.1 Å². The van der Waals surface area contributed by atoms with Crippen LogP contribution in [0.1, 0.15) is 91.4 Å². The van der Waals surface area contributed by atoms with Gasteiger partial charge in [0.05, 0.1) is 12.2 Å². The van der Waals surface area contributed by atoms with Crippen LogP contribution in [-0.4, -0.2) is 31.6 Å². The monoisotopic (exact) mass is 422 g/mol. The van der Waals surface area contributed by atoms with Crippen LogP contribution in [0.5, 0.6) is 0 Å². The Morgan fingerprint density at radius 3 is 1.68 bits per heavy atom. The van der Waals surface area contributed by atoms with Crippen LogP contribution in [0.4, 0.5) is 0 Å². The van der Waals surface area contributed by atoms with E-state index >= 15 is 0 Å². The Kier molecular flexibility index (Phi) is 23.1. The summed E-state index contributed by atoms with van der Waals surface area (Å²) in [6, 6.07) is 0. The van der Waals surface area contributed by atoms with Crippen LogP contribution >= 0.6 is 17.0 Å². The zero-order valence-corrected chi connectivity index (χ0v) is 19.1. The molecule has 0 rings (SSSR count). The summed E-state index contributed by atoms with van der Waals surface area (Å²) in [5, 5.41) is 0. The van der Waals surface area contributed by atoms with Crippen molar-refractivity contribution in [2.45, 2.75) is 91.4 Å². The molecular weight excluding hydrogens is 380 g/mol. The Morgan fingerprint density at radius 2 is 1.28 bits per heavy atom. The maximum Gasteiger partial charge on any atom is 0.335 e. The van der Waals surface area contributed by atoms with Crippen LogP contribution in [0.2, 0.25) is 0 Å². The van der Waals surface area contributed by atoms with Gasteiger partial charge in [0.15, 0.2) is 0 Å². The summed E-state index contributed by atoms with van der Waals surface area (Å²) >= 11 is 0. The molecule has 0 aromatic rings. The number of unbranched alkanes of at least 4 members (excludes halogenated alkanes) is 9. The lowest BCUT2D eigenvalue weighted by molar-refractivity contribution is -0.138. The minimum Gasteiger partial charge on any atom is -0.463 e. The van der Waals surface area contributed by atoms with Crippen molar-refractivity contribution >= 4 is 23.0 Å².